The van der Waals surface area contributed by atoms with Crippen molar-refractivity contribution in [1.29, 1.82) is 0 Å². The number of nitrogens with one attached hydrogen (secondary N) is 1. The summed E-state index contributed by atoms with van der Waals surface area (Å²) >= 11 is 7.61. The first-order valence-corrected chi connectivity index (χ1v) is 7.27. The minimum Gasteiger partial charge on any atom is -0.271 e. The summed E-state index contributed by atoms with van der Waals surface area (Å²) in [4.78, 5) is 1.02. The zero-order valence-corrected chi connectivity index (χ0v) is 12.0. The maximum atomic E-state index is 13.3. The molecule has 2 nitrogen and oxygen atoms in total. The van der Waals surface area contributed by atoms with Crippen LogP contribution in [0.25, 0.3) is 10.1 Å². The Labute approximate surface area is 125 Å². The van der Waals surface area contributed by atoms with Gasteiger partial charge in [-0.15, -0.1) is 11.3 Å². The summed E-state index contributed by atoms with van der Waals surface area (Å²) in [7, 11) is 0. The van der Waals surface area contributed by atoms with Crippen LogP contribution in [0.2, 0.25) is 5.02 Å². The smallest absolute Gasteiger partial charge is 0.123 e. The fourth-order valence-corrected chi connectivity index (χ4v) is 3.54. The van der Waals surface area contributed by atoms with E-state index in [1.54, 1.807) is 17.4 Å². The first kappa shape index (κ1) is 13.5. The second-order valence-corrected chi connectivity index (χ2v) is 6.04. The summed E-state index contributed by atoms with van der Waals surface area (Å²) in [5, 5.41) is 1.54. The van der Waals surface area contributed by atoms with E-state index in [2.05, 4.69) is 5.43 Å². The predicted octanol–water partition coefficient (Wildman–Crippen LogP) is 4.25. The monoisotopic (exact) mass is 306 g/mol. The van der Waals surface area contributed by atoms with Gasteiger partial charge in [0.1, 0.15) is 5.82 Å². The van der Waals surface area contributed by atoms with Crippen molar-refractivity contribution in [2.75, 3.05) is 0 Å². The van der Waals surface area contributed by atoms with Crippen molar-refractivity contribution < 1.29 is 4.39 Å². The van der Waals surface area contributed by atoms with Gasteiger partial charge in [-0.1, -0.05) is 23.7 Å². The summed E-state index contributed by atoms with van der Waals surface area (Å²) in [5.74, 6) is 5.44. The van der Waals surface area contributed by atoms with Gasteiger partial charge >= 0.3 is 0 Å². The van der Waals surface area contributed by atoms with Crippen molar-refractivity contribution in [3.8, 4) is 0 Å². The van der Waals surface area contributed by atoms with E-state index in [4.69, 9.17) is 17.4 Å². The Bertz CT molecular complexity index is 756. The van der Waals surface area contributed by atoms with E-state index >= 15 is 0 Å². The standard InChI is InChI=1S/C15H12ClFN2S/c16-11-3-1-2-9(6-11)15(19-18)14-8-10-7-12(17)4-5-13(10)20-14/h1-8,15,19H,18H2. The number of hydrazine groups is 1. The van der Waals surface area contributed by atoms with Crippen LogP contribution >= 0.6 is 22.9 Å². The van der Waals surface area contributed by atoms with Gasteiger partial charge in [-0.05, 0) is 47.3 Å². The maximum absolute atomic E-state index is 13.3. The van der Waals surface area contributed by atoms with E-state index < -0.39 is 0 Å². The van der Waals surface area contributed by atoms with Gasteiger partial charge in [0.25, 0.3) is 0 Å². The minimum absolute atomic E-state index is 0.158. The van der Waals surface area contributed by atoms with Gasteiger partial charge in [0.15, 0.2) is 0 Å². The minimum atomic E-state index is -0.234. The van der Waals surface area contributed by atoms with Crippen LogP contribution in [-0.2, 0) is 0 Å². The van der Waals surface area contributed by atoms with Gasteiger partial charge in [0.05, 0.1) is 6.04 Å². The van der Waals surface area contributed by atoms with Crippen molar-refractivity contribution >= 4 is 33.0 Å². The van der Waals surface area contributed by atoms with Crippen LogP contribution in [0.4, 0.5) is 4.39 Å². The van der Waals surface area contributed by atoms with Crippen LogP contribution in [0.5, 0.6) is 0 Å². The van der Waals surface area contributed by atoms with Crippen molar-refractivity contribution in [3.63, 3.8) is 0 Å². The average molecular weight is 307 g/mol. The molecule has 0 radical (unpaired) electrons. The summed E-state index contributed by atoms with van der Waals surface area (Å²) in [5.41, 5.74) is 3.77. The van der Waals surface area contributed by atoms with Gasteiger partial charge in [-0.25, -0.2) is 9.82 Å². The lowest BCUT2D eigenvalue weighted by atomic mass is 10.1. The zero-order valence-electron chi connectivity index (χ0n) is 10.4. The first-order valence-electron chi connectivity index (χ1n) is 6.08. The van der Waals surface area contributed by atoms with Crippen molar-refractivity contribution in [1.82, 2.24) is 5.43 Å². The Hall–Kier alpha value is -1.46. The molecule has 3 rings (SSSR count). The van der Waals surface area contributed by atoms with Gasteiger partial charge in [0, 0.05) is 14.6 Å². The van der Waals surface area contributed by atoms with E-state index in [1.807, 2.05) is 30.3 Å². The third-order valence-electron chi connectivity index (χ3n) is 3.13. The third kappa shape index (κ3) is 2.55. The molecule has 0 aliphatic carbocycles. The normalized spacial score (nSPS) is 12.8. The van der Waals surface area contributed by atoms with Gasteiger partial charge < -0.3 is 0 Å². The molecule has 0 spiro atoms. The lowest BCUT2D eigenvalue weighted by molar-refractivity contribution is 0.629. The molecule has 3 N–H and O–H groups in total. The second-order valence-electron chi connectivity index (χ2n) is 4.49. The largest absolute Gasteiger partial charge is 0.271 e. The van der Waals surface area contributed by atoms with E-state index in [9.17, 15) is 4.39 Å². The number of hydrogen-bond acceptors (Lipinski definition) is 3. The highest BCUT2D eigenvalue weighted by molar-refractivity contribution is 7.19. The van der Waals surface area contributed by atoms with Gasteiger partial charge in [-0.3, -0.25) is 5.84 Å². The Morgan fingerprint density at radius 2 is 2.00 bits per heavy atom. The fourth-order valence-electron chi connectivity index (χ4n) is 2.21. The van der Waals surface area contributed by atoms with Crippen LogP contribution in [0.1, 0.15) is 16.5 Å². The first-order chi connectivity index (χ1) is 9.67. The number of fused-ring (bicyclic) bond motifs is 1. The lowest BCUT2D eigenvalue weighted by Gasteiger charge is -2.14. The summed E-state index contributed by atoms with van der Waals surface area (Å²) in [6.45, 7) is 0. The molecule has 2 aromatic carbocycles. The molecule has 1 aromatic heterocycles. The third-order valence-corrected chi connectivity index (χ3v) is 4.55. The fraction of sp³-hybridized carbons (Fsp3) is 0.0667. The van der Waals surface area contributed by atoms with Gasteiger partial charge in [0.2, 0.25) is 0 Å². The predicted molar refractivity (Wildman–Crippen MR) is 82.4 cm³/mol. The van der Waals surface area contributed by atoms with E-state index in [-0.39, 0.29) is 11.9 Å². The highest BCUT2D eigenvalue weighted by atomic mass is 35.5. The number of nitrogens with two attached hydrogens (primary N) is 1. The molecular formula is C15H12ClFN2S. The van der Waals surface area contributed by atoms with E-state index in [1.165, 1.54) is 12.1 Å². The molecule has 1 heterocycles. The number of thiophene rings is 1. The van der Waals surface area contributed by atoms with Gasteiger partial charge in [-0.2, -0.15) is 0 Å². The molecule has 102 valence electrons. The Morgan fingerprint density at radius 3 is 2.75 bits per heavy atom. The van der Waals surface area contributed by atoms with Crippen LogP contribution in [0.3, 0.4) is 0 Å². The lowest BCUT2D eigenvalue weighted by Crippen LogP contribution is -2.28. The highest BCUT2D eigenvalue weighted by Gasteiger charge is 2.16. The number of benzene rings is 2. The molecule has 1 unspecified atom stereocenters. The molecule has 1 atom stereocenters. The summed E-state index contributed by atoms with van der Waals surface area (Å²) in [6, 6.07) is 14.1. The van der Waals surface area contributed by atoms with Crippen LogP contribution in [-0.4, -0.2) is 0 Å². The zero-order chi connectivity index (χ0) is 14.1. The van der Waals surface area contributed by atoms with Crippen LogP contribution < -0.4 is 11.3 Å². The SMILES string of the molecule is NNC(c1cccc(Cl)c1)c1cc2cc(F)ccc2s1. The molecule has 0 bridgehead atoms. The summed E-state index contributed by atoms with van der Waals surface area (Å²) < 4.78 is 14.3. The Kier molecular flexibility index (Phi) is 3.72. The number of rotatable bonds is 3. The summed E-state index contributed by atoms with van der Waals surface area (Å²) in [6.07, 6.45) is 0. The van der Waals surface area contributed by atoms with E-state index in [0.717, 1.165) is 20.5 Å². The van der Waals surface area contributed by atoms with Crippen LogP contribution in [0.15, 0.2) is 48.5 Å². The van der Waals surface area contributed by atoms with E-state index in [0.29, 0.717) is 5.02 Å². The maximum Gasteiger partial charge on any atom is 0.123 e. The molecule has 0 saturated heterocycles. The Balaban J connectivity index is 2.07. The highest BCUT2D eigenvalue weighted by Crippen LogP contribution is 2.33. The average Bonchev–Trinajstić information content (AvgIpc) is 2.82. The topological polar surface area (TPSA) is 38.0 Å². The molecule has 3 aromatic rings. The second kappa shape index (κ2) is 5.50. The molecule has 0 aliphatic heterocycles. The van der Waals surface area contributed by atoms with Crippen LogP contribution in [0, 0.1) is 5.82 Å². The number of hydrogen-bond donors (Lipinski definition) is 2. The molecule has 0 amide bonds. The van der Waals surface area contributed by atoms with Crippen molar-refractivity contribution in [3.05, 3.63) is 69.8 Å². The quantitative estimate of drug-likeness (QED) is 0.561. The molecular weight excluding hydrogens is 295 g/mol. The molecule has 0 fully saturated rings. The molecule has 0 aliphatic rings. The van der Waals surface area contributed by atoms with Crippen molar-refractivity contribution in [2.24, 2.45) is 5.84 Å². The molecule has 0 saturated carbocycles. The molecule has 5 heteroatoms. The number of halogens is 2. The van der Waals surface area contributed by atoms with Crippen molar-refractivity contribution in [2.45, 2.75) is 6.04 Å². The molecule has 20 heavy (non-hydrogen) atoms. The Morgan fingerprint density at radius 1 is 1.15 bits per heavy atom.